The molecule has 0 aromatic rings. The fraction of sp³-hybridized carbons (Fsp3) is 0.750. The Balaban J connectivity index is 2.63. The Morgan fingerprint density at radius 3 is 2.61 bits per heavy atom. The second kappa shape index (κ2) is 6.36. The molecule has 18 heavy (non-hydrogen) atoms. The molecule has 1 rings (SSSR count). The summed E-state index contributed by atoms with van der Waals surface area (Å²) in [6.07, 6.45) is 0.704. The van der Waals surface area contributed by atoms with Crippen molar-refractivity contribution >= 4 is 11.9 Å². The van der Waals surface area contributed by atoms with E-state index in [4.69, 9.17) is 9.47 Å². The predicted octanol–water partition coefficient (Wildman–Crippen LogP) is 0.375. The molecule has 1 aliphatic heterocycles. The molecule has 0 saturated carbocycles. The summed E-state index contributed by atoms with van der Waals surface area (Å²) in [7, 11) is 0. The van der Waals surface area contributed by atoms with Crippen molar-refractivity contribution in [3.8, 4) is 6.07 Å². The van der Waals surface area contributed by atoms with Crippen molar-refractivity contribution < 1.29 is 19.1 Å². The van der Waals surface area contributed by atoms with Crippen molar-refractivity contribution in [2.75, 3.05) is 19.8 Å². The molecule has 0 radical (unpaired) electrons. The van der Waals surface area contributed by atoms with Crippen molar-refractivity contribution in [2.24, 2.45) is 5.41 Å². The molecule has 1 fully saturated rings. The molecule has 1 atom stereocenters. The van der Waals surface area contributed by atoms with E-state index in [9.17, 15) is 14.9 Å². The van der Waals surface area contributed by atoms with Crippen LogP contribution in [0.5, 0.6) is 0 Å². The highest BCUT2D eigenvalue weighted by Crippen LogP contribution is 2.29. The number of rotatable bonds is 4. The molecule has 6 heteroatoms. The van der Waals surface area contributed by atoms with Gasteiger partial charge in [0.2, 0.25) is 5.91 Å². The second-order valence-electron chi connectivity index (χ2n) is 4.25. The average Bonchev–Trinajstić information content (AvgIpc) is 2.39. The minimum absolute atomic E-state index is 0.260. The van der Waals surface area contributed by atoms with Crippen molar-refractivity contribution in [3.63, 3.8) is 0 Å². The van der Waals surface area contributed by atoms with Gasteiger partial charge in [-0.25, -0.2) is 4.79 Å². The number of carbonyl (C=O) groups excluding carboxylic acids is 2. The zero-order chi connectivity index (χ0) is 13.6. The van der Waals surface area contributed by atoms with Gasteiger partial charge in [0.1, 0.15) is 11.5 Å². The molecule has 1 amide bonds. The van der Waals surface area contributed by atoms with E-state index < -0.39 is 23.3 Å². The van der Waals surface area contributed by atoms with Crippen LogP contribution in [-0.2, 0) is 19.1 Å². The van der Waals surface area contributed by atoms with Gasteiger partial charge in [-0.2, -0.15) is 5.26 Å². The van der Waals surface area contributed by atoms with Gasteiger partial charge in [0.25, 0.3) is 0 Å². The molecule has 6 nitrogen and oxygen atoms in total. The molecule has 1 unspecified atom stereocenters. The lowest BCUT2D eigenvalue weighted by Crippen LogP contribution is -2.49. The molecule has 1 saturated heterocycles. The highest BCUT2D eigenvalue weighted by Gasteiger charge is 2.41. The summed E-state index contributed by atoms with van der Waals surface area (Å²) in [4.78, 5) is 23.5. The fourth-order valence-electron chi connectivity index (χ4n) is 1.77. The summed E-state index contributed by atoms with van der Waals surface area (Å²) in [6, 6.07) is 1.30. The van der Waals surface area contributed by atoms with Crippen molar-refractivity contribution in [1.29, 1.82) is 5.26 Å². The van der Waals surface area contributed by atoms with Crippen LogP contribution in [0.15, 0.2) is 0 Å². The number of amides is 1. The minimum atomic E-state index is -1.08. The standard InChI is InChI=1S/C12H18N2O4/c1-3-18-10(15)9(2)14-11(16)12(8-13)4-6-17-7-5-12/h9H,3-7H2,1-2H3,(H,14,16). The maximum absolute atomic E-state index is 12.1. The van der Waals surface area contributed by atoms with E-state index in [-0.39, 0.29) is 6.61 Å². The van der Waals surface area contributed by atoms with Crippen LogP contribution in [0.25, 0.3) is 0 Å². The molecular weight excluding hydrogens is 236 g/mol. The SMILES string of the molecule is CCOC(=O)C(C)NC(=O)C1(C#N)CCOCC1. The molecule has 0 aromatic heterocycles. The zero-order valence-corrected chi connectivity index (χ0v) is 10.7. The van der Waals surface area contributed by atoms with E-state index in [2.05, 4.69) is 5.32 Å². The molecule has 100 valence electrons. The number of ether oxygens (including phenoxy) is 2. The van der Waals surface area contributed by atoms with Crippen LogP contribution >= 0.6 is 0 Å². The van der Waals surface area contributed by atoms with Crippen LogP contribution in [0.3, 0.4) is 0 Å². The minimum Gasteiger partial charge on any atom is -0.464 e. The lowest BCUT2D eigenvalue weighted by molar-refractivity contribution is -0.148. The first-order chi connectivity index (χ1) is 8.55. The number of nitrogens with one attached hydrogen (secondary N) is 1. The van der Waals surface area contributed by atoms with Gasteiger partial charge in [-0.05, 0) is 26.7 Å². The van der Waals surface area contributed by atoms with Gasteiger partial charge in [-0.3, -0.25) is 4.79 Å². The van der Waals surface area contributed by atoms with Crippen LogP contribution in [0, 0.1) is 16.7 Å². The average molecular weight is 254 g/mol. The summed E-state index contributed by atoms with van der Waals surface area (Å²) >= 11 is 0. The van der Waals surface area contributed by atoms with E-state index >= 15 is 0 Å². The zero-order valence-electron chi connectivity index (χ0n) is 10.7. The topological polar surface area (TPSA) is 88.4 Å². The normalized spacial score (nSPS) is 19.4. The molecule has 1 N–H and O–H groups in total. The fourth-order valence-corrected chi connectivity index (χ4v) is 1.77. The molecule has 0 bridgehead atoms. The van der Waals surface area contributed by atoms with Crippen LogP contribution in [0.1, 0.15) is 26.7 Å². The van der Waals surface area contributed by atoms with Gasteiger partial charge in [-0.15, -0.1) is 0 Å². The predicted molar refractivity (Wildman–Crippen MR) is 62.3 cm³/mol. The molecular formula is C12H18N2O4. The summed E-state index contributed by atoms with van der Waals surface area (Å²) in [5.41, 5.74) is -1.08. The first-order valence-electron chi connectivity index (χ1n) is 6.02. The Morgan fingerprint density at radius 2 is 2.11 bits per heavy atom. The van der Waals surface area contributed by atoms with Crippen molar-refractivity contribution in [2.45, 2.75) is 32.7 Å². The van der Waals surface area contributed by atoms with Gasteiger partial charge in [-0.1, -0.05) is 0 Å². The Kier molecular flexibility index (Phi) is 5.10. The maximum Gasteiger partial charge on any atom is 0.328 e. The monoisotopic (exact) mass is 254 g/mol. The number of hydrogen-bond donors (Lipinski definition) is 1. The lowest BCUT2D eigenvalue weighted by atomic mass is 9.80. The van der Waals surface area contributed by atoms with Crippen LogP contribution in [0.4, 0.5) is 0 Å². The number of nitriles is 1. The summed E-state index contributed by atoms with van der Waals surface area (Å²) < 4.78 is 9.94. The van der Waals surface area contributed by atoms with Crippen molar-refractivity contribution in [1.82, 2.24) is 5.32 Å². The molecule has 1 aliphatic rings. The van der Waals surface area contributed by atoms with E-state index in [1.165, 1.54) is 0 Å². The summed E-state index contributed by atoms with van der Waals surface area (Å²) in [6.45, 7) is 4.27. The quantitative estimate of drug-likeness (QED) is 0.732. The molecule has 1 heterocycles. The highest BCUT2D eigenvalue weighted by molar-refractivity contribution is 5.89. The Labute approximate surface area is 106 Å². The van der Waals surface area contributed by atoms with Gasteiger partial charge in [0.15, 0.2) is 0 Å². The van der Waals surface area contributed by atoms with Gasteiger partial charge < -0.3 is 14.8 Å². The number of esters is 1. The smallest absolute Gasteiger partial charge is 0.328 e. The van der Waals surface area contributed by atoms with Gasteiger partial charge >= 0.3 is 5.97 Å². The van der Waals surface area contributed by atoms with E-state index in [0.29, 0.717) is 26.1 Å². The maximum atomic E-state index is 12.1. The first-order valence-corrected chi connectivity index (χ1v) is 6.02. The van der Waals surface area contributed by atoms with Crippen LogP contribution in [0.2, 0.25) is 0 Å². The van der Waals surface area contributed by atoms with Crippen LogP contribution in [-0.4, -0.2) is 37.7 Å². The van der Waals surface area contributed by atoms with E-state index in [1.54, 1.807) is 13.8 Å². The third-order valence-corrected chi connectivity index (χ3v) is 2.98. The van der Waals surface area contributed by atoms with E-state index in [1.807, 2.05) is 6.07 Å². The Hall–Kier alpha value is -1.61. The summed E-state index contributed by atoms with van der Waals surface area (Å²) in [5, 5.41) is 11.7. The van der Waals surface area contributed by atoms with Gasteiger partial charge in [0, 0.05) is 13.2 Å². The third-order valence-electron chi connectivity index (χ3n) is 2.98. The summed E-state index contributed by atoms with van der Waals surface area (Å²) in [5.74, 6) is -0.917. The Bertz CT molecular complexity index is 356. The largest absolute Gasteiger partial charge is 0.464 e. The van der Waals surface area contributed by atoms with E-state index in [0.717, 1.165) is 0 Å². The molecule has 0 spiro atoms. The second-order valence-corrected chi connectivity index (χ2v) is 4.25. The molecule has 0 aromatic carbocycles. The first kappa shape index (κ1) is 14.5. The highest BCUT2D eigenvalue weighted by atomic mass is 16.5. The third kappa shape index (κ3) is 3.20. The number of hydrogen-bond acceptors (Lipinski definition) is 5. The number of nitrogens with zero attached hydrogens (tertiary/aromatic N) is 1. The Morgan fingerprint density at radius 1 is 1.50 bits per heavy atom. The van der Waals surface area contributed by atoms with Crippen LogP contribution < -0.4 is 5.32 Å². The lowest BCUT2D eigenvalue weighted by Gasteiger charge is -2.30. The van der Waals surface area contributed by atoms with Crippen molar-refractivity contribution in [3.05, 3.63) is 0 Å². The number of carbonyl (C=O) groups is 2. The molecule has 0 aliphatic carbocycles. The van der Waals surface area contributed by atoms with Gasteiger partial charge in [0.05, 0.1) is 12.7 Å².